The minimum absolute atomic E-state index is 0.0155. The van der Waals surface area contributed by atoms with Crippen LogP contribution in [0.5, 0.6) is 0 Å². The molecule has 0 aromatic rings. The molecule has 0 heterocycles. The van der Waals surface area contributed by atoms with E-state index in [1.165, 1.54) is 32.1 Å². The predicted molar refractivity (Wildman–Crippen MR) is 93.9 cm³/mol. The predicted octanol–water partition coefficient (Wildman–Crippen LogP) is 3.85. The Hall–Kier alpha value is -0.430. The summed E-state index contributed by atoms with van der Waals surface area (Å²) in [6, 6.07) is 0. The molecule has 0 spiro atoms. The quantitative estimate of drug-likeness (QED) is 0.438. The summed E-state index contributed by atoms with van der Waals surface area (Å²) in [4.78, 5) is 0. The zero-order valence-corrected chi connectivity index (χ0v) is 16.0. The van der Waals surface area contributed by atoms with Crippen LogP contribution >= 0.6 is 0 Å². The van der Waals surface area contributed by atoms with E-state index in [2.05, 4.69) is 24.1 Å². The topological polar surface area (TPSA) is 83.8 Å². The van der Waals surface area contributed by atoms with Gasteiger partial charge in [0.2, 0.25) is 0 Å². The fourth-order valence-corrected chi connectivity index (χ4v) is 7.41. The summed E-state index contributed by atoms with van der Waals surface area (Å²) in [5, 5.41) is 10.5. The summed E-state index contributed by atoms with van der Waals surface area (Å²) in [7, 11) is -4.66. The van der Waals surface area contributed by atoms with Crippen LogP contribution in [0.15, 0.2) is 11.6 Å². The van der Waals surface area contributed by atoms with Crippen molar-refractivity contribution in [3.8, 4) is 0 Å². The van der Waals surface area contributed by atoms with E-state index in [1.54, 1.807) is 0 Å². The zero-order valence-electron chi connectivity index (χ0n) is 15.2. The highest BCUT2D eigenvalue weighted by atomic mass is 32.3. The van der Waals surface area contributed by atoms with Crippen LogP contribution in [0.4, 0.5) is 0 Å². The lowest BCUT2D eigenvalue weighted by Gasteiger charge is -2.58. The highest BCUT2D eigenvalue weighted by molar-refractivity contribution is 7.80. The second-order valence-corrected chi connectivity index (χ2v) is 10.5. The smallest absolute Gasteiger partial charge is 0.364 e. The first kappa shape index (κ1) is 18.0. The third-order valence-electron chi connectivity index (χ3n) is 8.17. The Labute approximate surface area is 150 Å². The molecule has 0 aliphatic heterocycles. The van der Waals surface area contributed by atoms with Gasteiger partial charge in [-0.15, -0.1) is 0 Å². The van der Waals surface area contributed by atoms with E-state index in [4.69, 9.17) is 4.55 Å². The highest BCUT2D eigenvalue weighted by Crippen LogP contribution is 2.65. The molecule has 3 saturated carbocycles. The molecule has 0 aromatic heterocycles. The van der Waals surface area contributed by atoms with Crippen LogP contribution < -0.4 is 0 Å². The Morgan fingerprint density at radius 2 is 1.88 bits per heavy atom. The Balaban J connectivity index is 1.61. The maximum Gasteiger partial charge on any atom is 0.400 e. The lowest BCUT2D eigenvalue weighted by atomic mass is 9.48. The standard InChI is InChI=1S/C19H30O5S/c1-17-8-3-4-15(17)14-6-5-13-12-19(20,24-25(21,22)23)11-10-18(13,2)16(14)7-9-17/h5,14-16,20H,3-4,6-12H2,1-2H3,(H,21,22,23)/t14-,15-,16-,17-,18-,19-/m0/s1. The third kappa shape index (κ3) is 2.89. The molecule has 5 nitrogen and oxygen atoms in total. The molecule has 2 N–H and O–H groups in total. The SMILES string of the molecule is C[C@@]12CCC[C@H]1[C@@H]1CC=C3C[C@@](O)(OS(=O)(=O)O)CC[C@]3(C)[C@H]1CC2. The van der Waals surface area contributed by atoms with Gasteiger partial charge in [-0.2, -0.15) is 8.42 Å². The third-order valence-corrected chi connectivity index (χ3v) is 8.69. The first-order chi connectivity index (χ1) is 11.5. The summed E-state index contributed by atoms with van der Waals surface area (Å²) in [6.45, 7) is 4.77. The Morgan fingerprint density at radius 3 is 2.60 bits per heavy atom. The fourth-order valence-electron chi connectivity index (χ4n) is 6.88. The molecule has 0 radical (unpaired) electrons. The molecular formula is C19H30O5S. The van der Waals surface area contributed by atoms with Crippen molar-refractivity contribution >= 4 is 10.4 Å². The van der Waals surface area contributed by atoms with E-state index < -0.39 is 16.2 Å². The zero-order chi connectivity index (χ0) is 18.1. The van der Waals surface area contributed by atoms with Crippen molar-refractivity contribution in [2.45, 2.75) is 77.4 Å². The van der Waals surface area contributed by atoms with Gasteiger partial charge in [-0.1, -0.05) is 31.9 Å². The maximum atomic E-state index is 11.1. The normalized spacial score (nSPS) is 49.8. The van der Waals surface area contributed by atoms with Crippen molar-refractivity contribution in [3.63, 3.8) is 0 Å². The number of hydrogen-bond acceptors (Lipinski definition) is 4. The van der Waals surface area contributed by atoms with Crippen LogP contribution in [0.1, 0.15) is 71.6 Å². The summed E-state index contributed by atoms with van der Waals surface area (Å²) >= 11 is 0. The van der Waals surface area contributed by atoms with E-state index in [-0.39, 0.29) is 18.3 Å². The summed E-state index contributed by atoms with van der Waals surface area (Å²) in [5.74, 6) is 0.320. The van der Waals surface area contributed by atoms with E-state index >= 15 is 0 Å². The maximum absolute atomic E-state index is 11.1. The van der Waals surface area contributed by atoms with Gasteiger partial charge in [-0.3, -0.25) is 4.55 Å². The van der Waals surface area contributed by atoms with Crippen LogP contribution in [0.25, 0.3) is 0 Å². The van der Waals surface area contributed by atoms with Crippen LogP contribution in [0.3, 0.4) is 0 Å². The fraction of sp³-hybridized carbons (Fsp3) is 0.895. The first-order valence-electron chi connectivity index (χ1n) is 9.65. The van der Waals surface area contributed by atoms with E-state index in [9.17, 15) is 13.5 Å². The van der Waals surface area contributed by atoms with Gasteiger partial charge in [0.15, 0.2) is 5.79 Å². The van der Waals surface area contributed by atoms with Gasteiger partial charge >= 0.3 is 10.4 Å². The van der Waals surface area contributed by atoms with Crippen molar-refractivity contribution in [1.29, 1.82) is 0 Å². The van der Waals surface area contributed by atoms with Gasteiger partial charge in [-0.05, 0) is 67.1 Å². The van der Waals surface area contributed by atoms with Crippen LogP contribution in [0.2, 0.25) is 0 Å². The van der Waals surface area contributed by atoms with Crippen LogP contribution in [-0.2, 0) is 14.6 Å². The van der Waals surface area contributed by atoms with Crippen molar-refractivity contribution in [3.05, 3.63) is 11.6 Å². The second kappa shape index (κ2) is 5.54. The second-order valence-electron chi connectivity index (χ2n) is 9.48. The number of fused-ring (bicyclic) bond motifs is 5. The van der Waals surface area contributed by atoms with Crippen LogP contribution in [0, 0.1) is 28.6 Å². The molecule has 6 atom stereocenters. The molecule has 0 bridgehead atoms. The Kier molecular flexibility index (Phi) is 3.98. The van der Waals surface area contributed by atoms with E-state index in [0.29, 0.717) is 23.7 Å². The molecule has 0 aromatic carbocycles. The van der Waals surface area contributed by atoms with Crippen LogP contribution in [-0.4, -0.2) is 23.9 Å². The Bertz CT molecular complexity index is 701. The summed E-state index contributed by atoms with van der Waals surface area (Å²) in [6.07, 6.45) is 10.9. The molecule has 0 saturated heterocycles. The molecule has 142 valence electrons. The number of hydrogen-bond donors (Lipinski definition) is 2. The van der Waals surface area contributed by atoms with E-state index in [1.807, 2.05) is 0 Å². The summed E-state index contributed by atoms with van der Waals surface area (Å²) < 4.78 is 35.8. The first-order valence-corrected chi connectivity index (χ1v) is 11.0. The van der Waals surface area contributed by atoms with Gasteiger partial charge in [0, 0.05) is 12.8 Å². The number of allylic oxidation sites excluding steroid dienone is 1. The molecule has 4 aliphatic carbocycles. The number of rotatable bonds is 2. The molecule has 0 amide bonds. The number of aliphatic hydroxyl groups is 1. The molecule has 4 aliphatic rings. The van der Waals surface area contributed by atoms with Gasteiger partial charge in [0.05, 0.1) is 0 Å². The average Bonchev–Trinajstić information content (AvgIpc) is 2.88. The monoisotopic (exact) mass is 370 g/mol. The minimum atomic E-state index is -4.66. The average molecular weight is 371 g/mol. The molecular weight excluding hydrogens is 340 g/mol. The minimum Gasteiger partial charge on any atom is -0.364 e. The molecule has 25 heavy (non-hydrogen) atoms. The van der Waals surface area contributed by atoms with Crippen molar-refractivity contribution in [1.82, 2.24) is 0 Å². The molecule has 0 unspecified atom stereocenters. The van der Waals surface area contributed by atoms with Gasteiger partial charge in [-0.25, -0.2) is 4.18 Å². The van der Waals surface area contributed by atoms with Gasteiger partial charge < -0.3 is 5.11 Å². The van der Waals surface area contributed by atoms with Crippen molar-refractivity contribution in [2.75, 3.05) is 0 Å². The molecule has 6 heteroatoms. The van der Waals surface area contributed by atoms with E-state index in [0.717, 1.165) is 17.9 Å². The molecule has 3 fully saturated rings. The van der Waals surface area contributed by atoms with Gasteiger partial charge in [0.25, 0.3) is 0 Å². The highest BCUT2D eigenvalue weighted by Gasteiger charge is 2.57. The largest absolute Gasteiger partial charge is 0.400 e. The lowest BCUT2D eigenvalue weighted by molar-refractivity contribution is -0.169. The van der Waals surface area contributed by atoms with Gasteiger partial charge in [0.1, 0.15) is 0 Å². The Morgan fingerprint density at radius 1 is 1.12 bits per heavy atom. The summed E-state index contributed by atoms with van der Waals surface area (Å²) in [5.41, 5.74) is 1.64. The van der Waals surface area contributed by atoms with Crippen molar-refractivity contribution in [2.24, 2.45) is 28.6 Å². The van der Waals surface area contributed by atoms with Crippen molar-refractivity contribution < 1.29 is 22.3 Å². The lowest BCUT2D eigenvalue weighted by Crippen LogP contribution is -2.52. The molecule has 4 rings (SSSR count).